The van der Waals surface area contributed by atoms with Crippen LogP contribution in [0.5, 0.6) is 11.5 Å². The third-order valence-electron chi connectivity index (χ3n) is 6.68. The third kappa shape index (κ3) is 4.48. The van der Waals surface area contributed by atoms with Crippen LogP contribution in [0.15, 0.2) is 24.3 Å². The maximum absolute atomic E-state index is 10.0. The van der Waals surface area contributed by atoms with E-state index in [1.54, 1.807) is 0 Å². The van der Waals surface area contributed by atoms with Crippen LogP contribution in [0.1, 0.15) is 71.9 Å². The summed E-state index contributed by atoms with van der Waals surface area (Å²) in [5, 5.41) is 0. The smallest absolute Gasteiger partial charge is 0.137 e. The Morgan fingerprint density at radius 3 is 2.33 bits per heavy atom. The zero-order valence-electron chi connectivity index (χ0n) is 20.5. The number of nitrogens with zero attached hydrogens (tertiary/aromatic N) is 2. The zero-order valence-corrected chi connectivity index (χ0v) is 22.9. The Bertz CT molecular complexity index is 1090. The number of ketones is 2. The van der Waals surface area contributed by atoms with E-state index in [0.717, 1.165) is 22.9 Å². The van der Waals surface area contributed by atoms with E-state index in [-0.39, 0.29) is 48.9 Å². The van der Waals surface area contributed by atoms with Gasteiger partial charge >= 0.3 is 0 Å². The molecular weight excluding hydrogens is 593 g/mol. The zero-order chi connectivity index (χ0) is 23.4. The van der Waals surface area contributed by atoms with Gasteiger partial charge in [-0.1, -0.05) is 51.3 Å². The summed E-state index contributed by atoms with van der Waals surface area (Å²) in [5.41, 5.74) is 6.34. The van der Waals surface area contributed by atoms with Crippen molar-refractivity contribution in [2.24, 2.45) is 0 Å². The molecule has 5 rings (SSSR count). The van der Waals surface area contributed by atoms with Gasteiger partial charge in [-0.2, -0.15) is 18.8 Å². The molecule has 0 aromatic heterocycles. The Balaban J connectivity index is 0.000000337. The van der Waals surface area contributed by atoms with Crippen LogP contribution in [0.2, 0.25) is 0 Å². The SMILES string of the molecule is CC(=O)CC(C)=O.CN1[CH-]N2c3[c-]cc4c(c3Oc3cccc1c32)C(C)(C)CCC4(C)C.[Ir]. The number of Topliss-reactive ketones (excluding diaryl/α,β-unsaturated/α-hetero) is 2. The van der Waals surface area contributed by atoms with Crippen molar-refractivity contribution in [2.75, 3.05) is 16.8 Å². The normalized spacial score (nSPS) is 17.9. The van der Waals surface area contributed by atoms with Gasteiger partial charge in [0, 0.05) is 31.5 Å². The van der Waals surface area contributed by atoms with Crippen molar-refractivity contribution < 1.29 is 34.4 Å². The number of carbonyl (C=O) groups excluding carboxylic acids is 2. The fraction of sp³-hybridized carbons (Fsp3) is 0.444. The van der Waals surface area contributed by atoms with Crippen molar-refractivity contribution in [2.45, 2.75) is 71.6 Å². The van der Waals surface area contributed by atoms with Gasteiger partial charge in [-0.25, -0.2) is 0 Å². The van der Waals surface area contributed by atoms with Gasteiger partial charge in [0.25, 0.3) is 0 Å². The van der Waals surface area contributed by atoms with E-state index >= 15 is 0 Å². The maximum Gasteiger partial charge on any atom is 0.137 e. The summed E-state index contributed by atoms with van der Waals surface area (Å²) in [4.78, 5) is 24.5. The summed E-state index contributed by atoms with van der Waals surface area (Å²) in [7, 11) is 2.08. The average molecular weight is 625 g/mol. The molecule has 0 unspecified atom stereocenters. The van der Waals surface area contributed by atoms with Gasteiger partial charge in [-0.3, -0.25) is 9.59 Å². The molecule has 2 aromatic carbocycles. The molecule has 5 nitrogen and oxygen atoms in total. The van der Waals surface area contributed by atoms with Crippen LogP contribution in [-0.2, 0) is 40.5 Å². The number of anilines is 3. The molecule has 0 N–H and O–H groups in total. The Labute approximate surface area is 210 Å². The van der Waals surface area contributed by atoms with Crippen LogP contribution < -0.4 is 14.5 Å². The van der Waals surface area contributed by atoms with Crippen LogP contribution in [0.4, 0.5) is 17.1 Å². The van der Waals surface area contributed by atoms with E-state index in [2.05, 4.69) is 81.5 Å². The molecule has 0 saturated carbocycles. The summed E-state index contributed by atoms with van der Waals surface area (Å²) < 4.78 is 6.52. The molecule has 2 heterocycles. The van der Waals surface area contributed by atoms with Crippen molar-refractivity contribution in [1.29, 1.82) is 0 Å². The van der Waals surface area contributed by atoms with Gasteiger partial charge in [0.2, 0.25) is 0 Å². The average Bonchev–Trinajstić information content (AvgIpc) is 3.03. The Kier molecular flexibility index (Phi) is 6.85. The maximum atomic E-state index is 10.0. The van der Waals surface area contributed by atoms with E-state index in [4.69, 9.17) is 4.74 Å². The number of carbonyl (C=O) groups is 2. The van der Waals surface area contributed by atoms with Crippen LogP contribution in [0, 0.1) is 12.7 Å². The van der Waals surface area contributed by atoms with Crippen molar-refractivity contribution in [1.82, 2.24) is 0 Å². The topological polar surface area (TPSA) is 49.9 Å². The molecule has 0 bridgehead atoms. The van der Waals surface area contributed by atoms with Crippen LogP contribution >= 0.6 is 0 Å². The monoisotopic (exact) mass is 625 g/mol. The third-order valence-corrected chi connectivity index (χ3v) is 6.68. The molecule has 0 spiro atoms. The van der Waals surface area contributed by atoms with Gasteiger partial charge < -0.3 is 14.5 Å². The van der Waals surface area contributed by atoms with E-state index in [1.165, 1.54) is 43.5 Å². The van der Waals surface area contributed by atoms with Gasteiger partial charge in [-0.15, -0.1) is 11.1 Å². The first kappa shape index (κ1) is 25.5. The Morgan fingerprint density at radius 1 is 1.09 bits per heavy atom. The van der Waals surface area contributed by atoms with Crippen LogP contribution in [0.25, 0.3) is 0 Å². The largest absolute Gasteiger partial charge is 0.512 e. The van der Waals surface area contributed by atoms with Crippen molar-refractivity contribution in [3.8, 4) is 11.5 Å². The molecule has 33 heavy (non-hydrogen) atoms. The first-order chi connectivity index (χ1) is 14.9. The first-order valence-corrected chi connectivity index (χ1v) is 11.2. The number of hydrogen-bond acceptors (Lipinski definition) is 5. The second-order valence-electron chi connectivity index (χ2n) is 10.4. The van der Waals surface area contributed by atoms with Gasteiger partial charge in [0.05, 0.1) is 12.1 Å². The molecular formula is C27H32IrN2O3-2. The summed E-state index contributed by atoms with van der Waals surface area (Å²) in [6.45, 7) is 14.3. The molecule has 2 aromatic rings. The van der Waals surface area contributed by atoms with Gasteiger partial charge in [0.15, 0.2) is 0 Å². The molecule has 3 aliphatic rings. The number of para-hydroxylation sites is 1. The second kappa shape index (κ2) is 8.88. The predicted molar refractivity (Wildman–Crippen MR) is 128 cm³/mol. The van der Waals surface area contributed by atoms with Gasteiger partial charge in [0.1, 0.15) is 17.3 Å². The number of rotatable bonds is 2. The minimum atomic E-state index is -0.0625. The molecule has 6 heteroatoms. The minimum Gasteiger partial charge on any atom is -0.512 e. The quantitative estimate of drug-likeness (QED) is 0.294. The minimum absolute atomic E-state index is 0. The molecule has 1 aliphatic carbocycles. The number of fused-ring (bicyclic) bond motifs is 4. The Hall–Kier alpha value is -2.17. The van der Waals surface area contributed by atoms with E-state index < -0.39 is 0 Å². The summed E-state index contributed by atoms with van der Waals surface area (Å²) in [6, 6.07) is 12.0. The molecule has 0 atom stereocenters. The summed E-state index contributed by atoms with van der Waals surface area (Å²) >= 11 is 0. The van der Waals surface area contributed by atoms with Crippen molar-refractivity contribution in [3.05, 3.63) is 48.1 Å². The molecule has 1 radical (unpaired) electrons. The predicted octanol–water partition coefficient (Wildman–Crippen LogP) is 6.20. The standard InChI is InChI=1S/C22H24N2O.C5H8O2.Ir/c1-21(2)11-12-22(3,4)18-14(21)9-10-16-20(18)25-17-8-6-7-15-19(17)24(16)13-23(15)5;1-4(6)3-5(2)7;/h6-9,13H,11-12H2,1-5H3;3H2,1-2H3;/q-2;;. The fourth-order valence-electron chi connectivity index (χ4n) is 4.93. The van der Waals surface area contributed by atoms with Gasteiger partial charge in [-0.05, 0) is 44.9 Å². The number of ether oxygens (including phenoxy) is 1. The number of hydrogen-bond donors (Lipinski definition) is 0. The van der Waals surface area contributed by atoms with E-state index in [1.807, 2.05) is 0 Å². The molecule has 0 amide bonds. The second-order valence-corrected chi connectivity index (χ2v) is 10.4. The molecule has 0 fully saturated rings. The Morgan fingerprint density at radius 2 is 1.73 bits per heavy atom. The van der Waals surface area contributed by atoms with E-state index in [9.17, 15) is 9.59 Å². The number of benzene rings is 2. The molecule has 2 aliphatic heterocycles. The summed E-state index contributed by atoms with van der Waals surface area (Å²) in [5.74, 6) is 1.80. The molecule has 179 valence electrons. The van der Waals surface area contributed by atoms with Crippen molar-refractivity contribution >= 4 is 28.6 Å². The van der Waals surface area contributed by atoms with Crippen molar-refractivity contribution in [3.63, 3.8) is 0 Å². The summed E-state index contributed by atoms with van der Waals surface area (Å²) in [6.07, 6.45) is 2.45. The van der Waals surface area contributed by atoms with Crippen LogP contribution in [0.3, 0.4) is 0 Å². The molecule has 0 saturated heterocycles. The first-order valence-electron chi connectivity index (χ1n) is 11.2. The van der Waals surface area contributed by atoms with Crippen LogP contribution in [-0.4, -0.2) is 18.6 Å². The van der Waals surface area contributed by atoms with E-state index in [0.29, 0.717) is 0 Å². The fourth-order valence-corrected chi connectivity index (χ4v) is 4.93.